The number of benzene rings is 1. The van der Waals surface area contributed by atoms with E-state index in [4.69, 9.17) is 0 Å². The number of carbonyl (C=O) groups excluding carboxylic acids is 1. The smallest absolute Gasteiger partial charge is 0.274 e. The van der Waals surface area contributed by atoms with Gasteiger partial charge in [0.05, 0.1) is 12.1 Å². The number of nitrogens with zero attached hydrogens (tertiary/aromatic N) is 3. The van der Waals surface area contributed by atoms with Gasteiger partial charge in [0.15, 0.2) is 5.69 Å². The molecular formula is C19H24FN3O. The number of aromatic nitrogens is 2. The molecule has 1 saturated heterocycles. The minimum Gasteiger partial charge on any atom is -0.330 e. The maximum atomic E-state index is 14.0. The summed E-state index contributed by atoms with van der Waals surface area (Å²) in [6, 6.07) is 8.66. The number of likely N-dealkylation sites (tertiary alicyclic amines) is 1. The highest BCUT2D eigenvalue weighted by molar-refractivity contribution is 5.93. The maximum Gasteiger partial charge on any atom is 0.274 e. The summed E-state index contributed by atoms with van der Waals surface area (Å²) in [6.07, 6.45) is 2.75. The van der Waals surface area contributed by atoms with E-state index in [0.29, 0.717) is 23.8 Å². The fraction of sp³-hybridized carbons (Fsp3) is 0.474. The van der Waals surface area contributed by atoms with E-state index in [9.17, 15) is 9.18 Å². The Morgan fingerprint density at radius 3 is 2.62 bits per heavy atom. The van der Waals surface area contributed by atoms with E-state index >= 15 is 0 Å². The molecule has 0 unspecified atom stereocenters. The van der Waals surface area contributed by atoms with Crippen molar-refractivity contribution in [2.45, 2.75) is 52.1 Å². The van der Waals surface area contributed by atoms with Gasteiger partial charge in [0, 0.05) is 17.8 Å². The van der Waals surface area contributed by atoms with Crippen LogP contribution in [0.3, 0.4) is 0 Å². The lowest BCUT2D eigenvalue weighted by molar-refractivity contribution is 0.0445. The van der Waals surface area contributed by atoms with Crippen molar-refractivity contribution in [2.24, 2.45) is 0 Å². The standard InChI is InChI=1S/C19H24FN3O/c1-4-14(5-2)23-13(3)12-17(21-23)19(24)22-11-10-18(22)15-8-6-7-9-16(15)20/h6-9,12,14,18H,4-5,10-11H2,1-3H3/t18-/m0/s1. The largest absolute Gasteiger partial charge is 0.330 e. The van der Waals surface area contributed by atoms with Gasteiger partial charge in [0.1, 0.15) is 5.82 Å². The van der Waals surface area contributed by atoms with Crippen molar-refractivity contribution in [3.8, 4) is 0 Å². The molecule has 1 aromatic heterocycles. The summed E-state index contributed by atoms with van der Waals surface area (Å²) >= 11 is 0. The van der Waals surface area contributed by atoms with Crippen LogP contribution in [0, 0.1) is 12.7 Å². The monoisotopic (exact) mass is 329 g/mol. The van der Waals surface area contributed by atoms with E-state index in [2.05, 4.69) is 18.9 Å². The Morgan fingerprint density at radius 2 is 2.04 bits per heavy atom. The highest BCUT2D eigenvalue weighted by atomic mass is 19.1. The zero-order valence-electron chi connectivity index (χ0n) is 14.5. The lowest BCUT2D eigenvalue weighted by Crippen LogP contribution is -2.45. The van der Waals surface area contributed by atoms with Crippen molar-refractivity contribution in [3.63, 3.8) is 0 Å². The lowest BCUT2D eigenvalue weighted by atomic mass is 9.94. The molecule has 0 aliphatic carbocycles. The van der Waals surface area contributed by atoms with Crippen molar-refractivity contribution >= 4 is 5.91 Å². The van der Waals surface area contributed by atoms with Crippen LogP contribution >= 0.6 is 0 Å². The van der Waals surface area contributed by atoms with Gasteiger partial charge in [-0.05, 0) is 38.3 Å². The fourth-order valence-electron chi connectivity index (χ4n) is 3.44. The van der Waals surface area contributed by atoms with Crippen molar-refractivity contribution in [3.05, 3.63) is 53.1 Å². The summed E-state index contributed by atoms with van der Waals surface area (Å²) in [4.78, 5) is 14.5. The van der Waals surface area contributed by atoms with E-state index in [1.54, 1.807) is 17.0 Å². The SMILES string of the molecule is CCC(CC)n1nc(C(=O)N2CC[C@H]2c2ccccc2F)cc1C. The molecule has 1 fully saturated rings. The Hall–Kier alpha value is -2.17. The average molecular weight is 329 g/mol. The molecule has 3 rings (SSSR count). The summed E-state index contributed by atoms with van der Waals surface area (Å²) in [7, 11) is 0. The normalized spacial score (nSPS) is 17.2. The minimum atomic E-state index is -0.251. The number of hydrogen-bond acceptors (Lipinski definition) is 2. The van der Waals surface area contributed by atoms with Crippen LogP contribution in [0.5, 0.6) is 0 Å². The van der Waals surface area contributed by atoms with Gasteiger partial charge in [-0.2, -0.15) is 5.10 Å². The second-order valence-corrected chi connectivity index (χ2v) is 6.41. The quantitative estimate of drug-likeness (QED) is 0.821. The minimum absolute atomic E-state index is 0.109. The molecule has 128 valence electrons. The Bertz CT molecular complexity index is 736. The highest BCUT2D eigenvalue weighted by Crippen LogP contribution is 2.35. The first-order valence-electron chi connectivity index (χ1n) is 8.68. The molecule has 1 aromatic carbocycles. The van der Waals surface area contributed by atoms with Crippen LogP contribution < -0.4 is 0 Å². The van der Waals surface area contributed by atoms with E-state index in [-0.39, 0.29) is 17.8 Å². The zero-order valence-corrected chi connectivity index (χ0v) is 14.5. The van der Waals surface area contributed by atoms with Crippen molar-refractivity contribution < 1.29 is 9.18 Å². The molecule has 4 nitrogen and oxygen atoms in total. The van der Waals surface area contributed by atoms with Crippen LogP contribution in [0.25, 0.3) is 0 Å². The van der Waals surface area contributed by atoms with Gasteiger partial charge in [-0.1, -0.05) is 32.0 Å². The molecular weight excluding hydrogens is 305 g/mol. The first kappa shape index (κ1) is 16.7. The number of aryl methyl sites for hydroxylation is 1. The maximum absolute atomic E-state index is 14.0. The number of hydrogen-bond donors (Lipinski definition) is 0. The third-order valence-corrected chi connectivity index (χ3v) is 4.97. The van der Waals surface area contributed by atoms with Gasteiger partial charge in [-0.25, -0.2) is 4.39 Å². The van der Waals surface area contributed by atoms with E-state index in [1.807, 2.05) is 23.7 Å². The Morgan fingerprint density at radius 1 is 1.33 bits per heavy atom. The van der Waals surface area contributed by atoms with E-state index < -0.39 is 0 Å². The molecule has 0 N–H and O–H groups in total. The molecule has 2 heterocycles. The summed E-state index contributed by atoms with van der Waals surface area (Å²) in [6.45, 7) is 6.88. The molecule has 5 heteroatoms. The van der Waals surface area contributed by atoms with E-state index in [0.717, 1.165) is 25.0 Å². The molecule has 1 aliphatic rings. The van der Waals surface area contributed by atoms with Gasteiger partial charge in [0.2, 0.25) is 0 Å². The number of halogens is 1. The van der Waals surface area contributed by atoms with Crippen LogP contribution in [0.15, 0.2) is 30.3 Å². The van der Waals surface area contributed by atoms with Crippen molar-refractivity contribution in [2.75, 3.05) is 6.54 Å². The molecule has 0 saturated carbocycles. The average Bonchev–Trinajstić information content (AvgIpc) is 2.92. The van der Waals surface area contributed by atoms with E-state index in [1.165, 1.54) is 6.07 Å². The fourth-order valence-corrected chi connectivity index (χ4v) is 3.44. The molecule has 24 heavy (non-hydrogen) atoms. The van der Waals surface area contributed by atoms with Gasteiger partial charge in [-0.15, -0.1) is 0 Å². The number of carbonyl (C=O) groups is 1. The van der Waals surface area contributed by atoms with Gasteiger partial charge in [-0.3, -0.25) is 9.48 Å². The Balaban J connectivity index is 1.82. The molecule has 0 radical (unpaired) electrons. The molecule has 1 aliphatic heterocycles. The molecule has 0 bridgehead atoms. The van der Waals surface area contributed by atoms with Crippen molar-refractivity contribution in [1.29, 1.82) is 0 Å². The second-order valence-electron chi connectivity index (χ2n) is 6.41. The van der Waals surface area contributed by atoms with Crippen LogP contribution in [0.2, 0.25) is 0 Å². The Labute approximate surface area is 142 Å². The highest BCUT2D eigenvalue weighted by Gasteiger charge is 2.36. The third kappa shape index (κ3) is 2.83. The van der Waals surface area contributed by atoms with Crippen LogP contribution in [-0.4, -0.2) is 27.1 Å². The first-order chi connectivity index (χ1) is 11.6. The predicted molar refractivity (Wildman–Crippen MR) is 91.4 cm³/mol. The van der Waals surface area contributed by atoms with Crippen LogP contribution in [-0.2, 0) is 0 Å². The summed E-state index contributed by atoms with van der Waals surface area (Å²) in [5, 5.41) is 4.54. The number of amides is 1. The molecule has 2 aromatic rings. The Kier molecular flexibility index (Phi) is 4.69. The summed E-state index contributed by atoms with van der Waals surface area (Å²) in [5.74, 6) is -0.360. The van der Waals surface area contributed by atoms with Crippen LogP contribution in [0.4, 0.5) is 4.39 Å². The molecule has 1 atom stereocenters. The summed E-state index contributed by atoms with van der Waals surface area (Å²) < 4.78 is 16.0. The second kappa shape index (κ2) is 6.75. The van der Waals surface area contributed by atoms with Crippen LogP contribution in [0.1, 0.15) is 66.9 Å². The molecule has 0 spiro atoms. The zero-order chi connectivity index (χ0) is 17.3. The third-order valence-electron chi connectivity index (χ3n) is 4.97. The topological polar surface area (TPSA) is 38.1 Å². The predicted octanol–water partition coefficient (Wildman–Crippen LogP) is 4.28. The number of rotatable bonds is 5. The van der Waals surface area contributed by atoms with Gasteiger partial charge in [0.25, 0.3) is 5.91 Å². The molecule has 1 amide bonds. The first-order valence-corrected chi connectivity index (χ1v) is 8.68. The van der Waals surface area contributed by atoms with Gasteiger partial charge < -0.3 is 4.90 Å². The summed E-state index contributed by atoms with van der Waals surface area (Å²) in [5.41, 5.74) is 2.05. The van der Waals surface area contributed by atoms with Gasteiger partial charge >= 0.3 is 0 Å². The lowest BCUT2D eigenvalue weighted by Gasteiger charge is -2.41. The van der Waals surface area contributed by atoms with Crippen molar-refractivity contribution in [1.82, 2.24) is 14.7 Å².